The first kappa shape index (κ1) is 17.0. The van der Waals surface area contributed by atoms with Crippen LogP contribution in [0, 0.1) is 0 Å². The van der Waals surface area contributed by atoms with Gasteiger partial charge in [-0.2, -0.15) is 0 Å². The van der Waals surface area contributed by atoms with Crippen molar-refractivity contribution in [1.82, 2.24) is 4.90 Å². The van der Waals surface area contributed by atoms with E-state index in [0.717, 1.165) is 18.5 Å². The van der Waals surface area contributed by atoms with Crippen molar-refractivity contribution in [3.05, 3.63) is 77.4 Å². The molecule has 4 heteroatoms. The van der Waals surface area contributed by atoms with Crippen LogP contribution in [-0.2, 0) is 4.79 Å². The predicted molar refractivity (Wildman–Crippen MR) is 99.0 cm³/mol. The number of rotatable bonds is 4. The van der Waals surface area contributed by atoms with Crippen LogP contribution in [-0.4, -0.2) is 29.3 Å². The topological polar surface area (TPSA) is 63.4 Å². The summed E-state index contributed by atoms with van der Waals surface area (Å²) >= 11 is 0. The summed E-state index contributed by atoms with van der Waals surface area (Å²) in [6.07, 6.45) is 4.36. The number of carbonyl (C=O) groups is 2. The molecule has 0 aromatic heterocycles. The average Bonchev–Trinajstić information content (AvgIpc) is 3.02. The standard InChI is InChI=1S/C21H22N2O2/c1-15-13-19(17-5-3-2-4-6-17)14-23(15)20(24)12-9-16-7-10-18(11-8-16)21(22)25/h2-12,15,19H,13-14H2,1H3,(H2,22,25)/b12-9+/t15-,19-/m0/s1. The Hall–Kier alpha value is -2.88. The normalized spacial score (nSPS) is 20.1. The molecule has 25 heavy (non-hydrogen) atoms. The second-order valence-corrected chi connectivity index (χ2v) is 6.50. The van der Waals surface area contributed by atoms with Crippen LogP contribution in [0.25, 0.3) is 6.08 Å². The second-order valence-electron chi connectivity index (χ2n) is 6.50. The van der Waals surface area contributed by atoms with Crippen molar-refractivity contribution >= 4 is 17.9 Å². The van der Waals surface area contributed by atoms with Gasteiger partial charge in [-0.05, 0) is 42.7 Å². The van der Waals surface area contributed by atoms with Crippen LogP contribution in [0.15, 0.2) is 60.7 Å². The highest BCUT2D eigenvalue weighted by Crippen LogP contribution is 2.31. The zero-order chi connectivity index (χ0) is 17.8. The van der Waals surface area contributed by atoms with Crippen LogP contribution < -0.4 is 5.73 Å². The number of amides is 2. The molecule has 3 rings (SSSR count). The molecule has 4 nitrogen and oxygen atoms in total. The lowest BCUT2D eigenvalue weighted by molar-refractivity contribution is -0.126. The molecule has 128 valence electrons. The summed E-state index contributed by atoms with van der Waals surface area (Å²) in [4.78, 5) is 25.5. The van der Waals surface area contributed by atoms with Gasteiger partial charge in [-0.3, -0.25) is 9.59 Å². The highest BCUT2D eigenvalue weighted by molar-refractivity contribution is 5.94. The molecule has 1 fully saturated rings. The Morgan fingerprint density at radius 2 is 1.76 bits per heavy atom. The number of nitrogens with two attached hydrogens (primary N) is 1. The molecule has 0 radical (unpaired) electrons. The molecular weight excluding hydrogens is 312 g/mol. The molecule has 2 amide bonds. The Balaban J connectivity index is 1.65. The van der Waals surface area contributed by atoms with E-state index in [1.54, 1.807) is 36.4 Å². The molecule has 1 saturated heterocycles. The fourth-order valence-electron chi connectivity index (χ4n) is 3.33. The molecular formula is C21H22N2O2. The summed E-state index contributed by atoms with van der Waals surface area (Å²) in [7, 11) is 0. The van der Waals surface area contributed by atoms with Crippen molar-refractivity contribution in [1.29, 1.82) is 0 Å². The van der Waals surface area contributed by atoms with Crippen LogP contribution in [0.1, 0.15) is 40.7 Å². The third kappa shape index (κ3) is 3.97. The molecule has 1 aliphatic heterocycles. The molecule has 1 aliphatic rings. The van der Waals surface area contributed by atoms with E-state index in [4.69, 9.17) is 5.73 Å². The van der Waals surface area contributed by atoms with E-state index in [2.05, 4.69) is 19.1 Å². The summed E-state index contributed by atoms with van der Waals surface area (Å²) in [5.41, 5.74) is 7.84. The van der Waals surface area contributed by atoms with Gasteiger partial charge >= 0.3 is 0 Å². The largest absolute Gasteiger partial charge is 0.366 e. The Kier molecular flexibility index (Phi) is 4.98. The van der Waals surface area contributed by atoms with Crippen molar-refractivity contribution in [3.8, 4) is 0 Å². The molecule has 2 aromatic carbocycles. The fourth-order valence-corrected chi connectivity index (χ4v) is 3.33. The van der Waals surface area contributed by atoms with E-state index in [9.17, 15) is 9.59 Å². The molecule has 0 bridgehead atoms. The number of likely N-dealkylation sites (tertiary alicyclic amines) is 1. The highest BCUT2D eigenvalue weighted by Gasteiger charge is 2.31. The van der Waals surface area contributed by atoms with E-state index in [1.165, 1.54) is 5.56 Å². The average molecular weight is 334 g/mol. The van der Waals surface area contributed by atoms with Gasteiger partial charge in [0, 0.05) is 30.1 Å². The zero-order valence-corrected chi connectivity index (χ0v) is 14.3. The maximum absolute atomic E-state index is 12.5. The van der Waals surface area contributed by atoms with Gasteiger partial charge in [-0.25, -0.2) is 0 Å². The number of hydrogen-bond donors (Lipinski definition) is 1. The summed E-state index contributed by atoms with van der Waals surface area (Å²) in [6, 6.07) is 17.5. The van der Waals surface area contributed by atoms with Crippen molar-refractivity contribution in [2.24, 2.45) is 5.73 Å². The number of carbonyl (C=O) groups excluding carboxylic acids is 2. The summed E-state index contributed by atoms with van der Waals surface area (Å²) in [6.45, 7) is 2.84. The van der Waals surface area contributed by atoms with Gasteiger partial charge in [0.25, 0.3) is 0 Å². The monoisotopic (exact) mass is 334 g/mol. The van der Waals surface area contributed by atoms with Crippen LogP contribution in [0.5, 0.6) is 0 Å². The van der Waals surface area contributed by atoms with Crippen LogP contribution in [0.2, 0.25) is 0 Å². The fraction of sp³-hybridized carbons (Fsp3) is 0.238. The van der Waals surface area contributed by atoms with Gasteiger partial charge in [0.15, 0.2) is 0 Å². The van der Waals surface area contributed by atoms with Gasteiger partial charge in [0.2, 0.25) is 11.8 Å². The van der Waals surface area contributed by atoms with Gasteiger partial charge in [0.1, 0.15) is 0 Å². The van der Waals surface area contributed by atoms with Crippen LogP contribution in [0.4, 0.5) is 0 Å². The number of primary amides is 1. The first-order valence-corrected chi connectivity index (χ1v) is 8.48. The van der Waals surface area contributed by atoms with Gasteiger partial charge in [-0.15, -0.1) is 0 Å². The number of hydrogen-bond acceptors (Lipinski definition) is 2. The summed E-state index contributed by atoms with van der Waals surface area (Å²) < 4.78 is 0. The van der Waals surface area contributed by atoms with Gasteiger partial charge in [-0.1, -0.05) is 42.5 Å². The Morgan fingerprint density at radius 3 is 2.40 bits per heavy atom. The van der Waals surface area contributed by atoms with Gasteiger partial charge < -0.3 is 10.6 Å². The first-order valence-electron chi connectivity index (χ1n) is 8.48. The molecule has 2 atom stereocenters. The van der Waals surface area contributed by atoms with E-state index in [1.807, 2.05) is 23.1 Å². The van der Waals surface area contributed by atoms with E-state index >= 15 is 0 Å². The van der Waals surface area contributed by atoms with E-state index in [0.29, 0.717) is 11.5 Å². The summed E-state index contributed by atoms with van der Waals surface area (Å²) in [5, 5.41) is 0. The lowest BCUT2D eigenvalue weighted by Gasteiger charge is -2.19. The predicted octanol–water partition coefficient (Wildman–Crippen LogP) is 3.20. The molecule has 2 N–H and O–H groups in total. The van der Waals surface area contributed by atoms with E-state index < -0.39 is 5.91 Å². The third-order valence-corrected chi connectivity index (χ3v) is 4.74. The van der Waals surface area contributed by atoms with Crippen LogP contribution in [0.3, 0.4) is 0 Å². The van der Waals surface area contributed by atoms with Crippen molar-refractivity contribution in [3.63, 3.8) is 0 Å². The molecule has 0 saturated carbocycles. The first-order chi connectivity index (χ1) is 12.0. The summed E-state index contributed by atoms with van der Waals surface area (Å²) in [5.74, 6) is -0.0437. The maximum Gasteiger partial charge on any atom is 0.248 e. The molecule has 0 spiro atoms. The number of benzene rings is 2. The van der Waals surface area contributed by atoms with Crippen molar-refractivity contribution in [2.45, 2.75) is 25.3 Å². The molecule has 1 heterocycles. The molecule has 0 aliphatic carbocycles. The van der Waals surface area contributed by atoms with E-state index in [-0.39, 0.29) is 11.9 Å². The number of nitrogens with zero attached hydrogens (tertiary/aromatic N) is 1. The van der Waals surface area contributed by atoms with Gasteiger partial charge in [0.05, 0.1) is 0 Å². The minimum Gasteiger partial charge on any atom is -0.366 e. The quantitative estimate of drug-likeness (QED) is 0.873. The van der Waals surface area contributed by atoms with Crippen molar-refractivity contribution in [2.75, 3.05) is 6.54 Å². The Bertz CT molecular complexity index is 781. The van der Waals surface area contributed by atoms with Crippen molar-refractivity contribution < 1.29 is 9.59 Å². The molecule has 2 aromatic rings. The lowest BCUT2D eigenvalue weighted by atomic mass is 9.97. The minimum absolute atomic E-state index is 0.0184. The SMILES string of the molecule is C[C@H]1C[C@H](c2ccccc2)CN1C(=O)/C=C/c1ccc(C(N)=O)cc1. The third-order valence-electron chi connectivity index (χ3n) is 4.74. The minimum atomic E-state index is -0.454. The second kappa shape index (κ2) is 7.34. The Morgan fingerprint density at radius 1 is 1.08 bits per heavy atom. The molecule has 0 unspecified atom stereocenters. The lowest BCUT2D eigenvalue weighted by Crippen LogP contribution is -2.32. The van der Waals surface area contributed by atoms with Crippen LogP contribution >= 0.6 is 0 Å². The maximum atomic E-state index is 12.5. The zero-order valence-electron chi connectivity index (χ0n) is 14.3. The highest BCUT2D eigenvalue weighted by atomic mass is 16.2. The smallest absolute Gasteiger partial charge is 0.248 e. The Labute approximate surface area is 148 Å².